The zero-order chi connectivity index (χ0) is 12.4. The van der Waals surface area contributed by atoms with E-state index >= 15 is 0 Å². The molecule has 0 aromatic heterocycles. The molecule has 1 N–H and O–H groups in total. The molecule has 5 heteroatoms. The molecule has 1 atom stereocenters. The first kappa shape index (κ1) is 11.9. The molecule has 1 aliphatic heterocycles. The smallest absolute Gasteiger partial charge is 0.306 e. The van der Waals surface area contributed by atoms with Gasteiger partial charge >= 0.3 is 5.97 Å². The lowest BCUT2D eigenvalue weighted by molar-refractivity contribution is -0.141. The van der Waals surface area contributed by atoms with Crippen LogP contribution in [0.3, 0.4) is 0 Å². The third-order valence-corrected chi connectivity index (χ3v) is 2.81. The molecule has 0 amide bonds. The van der Waals surface area contributed by atoms with Gasteiger partial charge in [0.1, 0.15) is 11.6 Å². The van der Waals surface area contributed by atoms with Gasteiger partial charge in [-0.1, -0.05) is 6.92 Å². The zero-order valence-electron chi connectivity index (χ0n) is 9.40. The van der Waals surface area contributed by atoms with Crippen LogP contribution in [-0.2, 0) is 22.6 Å². The Morgan fingerprint density at radius 3 is 3.06 bits per heavy atom. The molecular formula is C12H13FO4. The van der Waals surface area contributed by atoms with Crippen LogP contribution in [0.1, 0.15) is 18.1 Å². The third-order valence-electron chi connectivity index (χ3n) is 2.81. The second-order valence-corrected chi connectivity index (χ2v) is 4.06. The fourth-order valence-electron chi connectivity index (χ4n) is 1.80. The van der Waals surface area contributed by atoms with Gasteiger partial charge in [0.25, 0.3) is 0 Å². The predicted molar refractivity (Wildman–Crippen MR) is 57.2 cm³/mol. The molecule has 92 valence electrons. The minimum absolute atomic E-state index is 0.136. The van der Waals surface area contributed by atoms with Gasteiger partial charge in [-0.15, -0.1) is 0 Å². The van der Waals surface area contributed by atoms with Crippen molar-refractivity contribution in [2.24, 2.45) is 5.92 Å². The summed E-state index contributed by atoms with van der Waals surface area (Å²) in [6.45, 7) is 1.95. The van der Waals surface area contributed by atoms with Gasteiger partial charge in [0.05, 0.1) is 12.5 Å². The van der Waals surface area contributed by atoms with E-state index < -0.39 is 17.7 Å². The number of hydrogen-bond acceptors (Lipinski definition) is 3. The number of fused-ring (bicyclic) bond motifs is 1. The summed E-state index contributed by atoms with van der Waals surface area (Å²) in [4.78, 5) is 10.8. The molecule has 0 saturated carbocycles. The van der Waals surface area contributed by atoms with Crippen molar-refractivity contribution >= 4 is 5.97 Å². The normalized spacial score (nSPS) is 15.9. The van der Waals surface area contributed by atoms with Crippen molar-refractivity contribution < 1.29 is 23.8 Å². The Morgan fingerprint density at radius 2 is 2.35 bits per heavy atom. The number of carbonyl (C=O) groups is 1. The molecule has 0 bridgehead atoms. The van der Waals surface area contributed by atoms with Gasteiger partial charge in [0.2, 0.25) is 0 Å². The second kappa shape index (κ2) is 4.71. The number of carboxylic acids is 1. The van der Waals surface area contributed by atoms with Gasteiger partial charge in [0, 0.05) is 5.56 Å². The van der Waals surface area contributed by atoms with Crippen LogP contribution in [0.15, 0.2) is 12.1 Å². The molecule has 1 aromatic carbocycles. The van der Waals surface area contributed by atoms with E-state index in [9.17, 15) is 9.18 Å². The van der Waals surface area contributed by atoms with Crippen molar-refractivity contribution in [2.45, 2.75) is 20.0 Å². The summed E-state index contributed by atoms with van der Waals surface area (Å²) in [7, 11) is 0. The zero-order valence-corrected chi connectivity index (χ0v) is 9.40. The lowest BCUT2D eigenvalue weighted by atomic mass is 9.95. The van der Waals surface area contributed by atoms with Crippen LogP contribution in [0.5, 0.6) is 5.75 Å². The maximum atomic E-state index is 13.7. The lowest BCUT2D eigenvalue weighted by Gasteiger charge is -2.21. The largest absolute Gasteiger partial charge is 0.481 e. The maximum Gasteiger partial charge on any atom is 0.306 e. The highest BCUT2D eigenvalue weighted by Gasteiger charge is 2.22. The van der Waals surface area contributed by atoms with E-state index in [0.29, 0.717) is 16.9 Å². The van der Waals surface area contributed by atoms with Gasteiger partial charge in [-0.3, -0.25) is 4.79 Å². The predicted octanol–water partition coefficient (Wildman–Crippen LogP) is 1.96. The second-order valence-electron chi connectivity index (χ2n) is 4.06. The SMILES string of the molecule is CC(Cc1c(F)ccc2c1COCO2)C(=O)O. The molecule has 1 aliphatic rings. The highest BCUT2D eigenvalue weighted by atomic mass is 19.1. The Hall–Kier alpha value is -1.62. The van der Waals surface area contributed by atoms with Crippen LogP contribution in [0, 0.1) is 11.7 Å². The first-order valence-electron chi connectivity index (χ1n) is 5.33. The van der Waals surface area contributed by atoms with E-state index in [0.717, 1.165) is 0 Å². The van der Waals surface area contributed by atoms with E-state index in [1.54, 1.807) is 13.0 Å². The molecule has 0 radical (unpaired) electrons. The fourth-order valence-corrected chi connectivity index (χ4v) is 1.80. The molecule has 1 unspecified atom stereocenters. The molecule has 0 spiro atoms. The average molecular weight is 240 g/mol. The first-order valence-corrected chi connectivity index (χ1v) is 5.33. The number of hydrogen-bond donors (Lipinski definition) is 1. The van der Waals surface area contributed by atoms with Gasteiger partial charge < -0.3 is 14.6 Å². The molecule has 17 heavy (non-hydrogen) atoms. The van der Waals surface area contributed by atoms with E-state index in [4.69, 9.17) is 14.6 Å². The van der Waals surface area contributed by atoms with Crippen molar-refractivity contribution in [1.29, 1.82) is 0 Å². The average Bonchev–Trinajstić information content (AvgIpc) is 2.32. The summed E-state index contributed by atoms with van der Waals surface area (Å²) in [5.74, 6) is -1.42. The molecule has 0 fully saturated rings. The van der Waals surface area contributed by atoms with E-state index in [-0.39, 0.29) is 19.8 Å². The van der Waals surface area contributed by atoms with Gasteiger partial charge in [-0.2, -0.15) is 0 Å². The van der Waals surface area contributed by atoms with Crippen molar-refractivity contribution in [3.8, 4) is 5.75 Å². The molecule has 2 rings (SSSR count). The summed E-state index contributed by atoms with van der Waals surface area (Å²) >= 11 is 0. The van der Waals surface area contributed by atoms with Crippen molar-refractivity contribution in [1.82, 2.24) is 0 Å². The summed E-state index contributed by atoms with van der Waals surface area (Å²) in [6, 6.07) is 2.84. The van der Waals surface area contributed by atoms with Gasteiger partial charge in [0.15, 0.2) is 6.79 Å². The summed E-state index contributed by atoms with van der Waals surface area (Å²) in [6.07, 6.45) is 0.136. The monoisotopic (exact) mass is 240 g/mol. The number of benzene rings is 1. The van der Waals surface area contributed by atoms with Gasteiger partial charge in [-0.25, -0.2) is 4.39 Å². The topological polar surface area (TPSA) is 55.8 Å². The number of halogens is 1. The Morgan fingerprint density at radius 1 is 1.59 bits per heavy atom. The number of carboxylic acid groups (broad SMARTS) is 1. The highest BCUT2D eigenvalue weighted by molar-refractivity contribution is 5.70. The van der Waals surface area contributed by atoms with E-state index in [2.05, 4.69) is 0 Å². The van der Waals surface area contributed by atoms with Crippen LogP contribution < -0.4 is 4.74 Å². The van der Waals surface area contributed by atoms with Crippen molar-refractivity contribution in [3.05, 3.63) is 29.1 Å². The van der Waals surface area contributed by atoms with Crippen LogP contribution in [-0.4, -0.2) is 17.9 Å². The summed E-state index contributed by atoms with van der Waals surface area (Å²) in [5.41, 5.74) is 0.987. The van der Waals surface area contributed by atoms with E-state index in [1.807, 2.05) is 0 Å². The van der Waals surface area contributed by atoms with Crippen molar-refractivity contribution in [3.63, 3.8) is 0 Å². The molecule has 1 aromatic rings. The van der Waals surface area contributed by atoms with Crippen LogP contribution in [0.2, 0.25) is 0 Å². The molecule has 0 aliphatic carbocycles. The summed E-state index contributed by atoms with van der Waals surface area (Å²) in [5, 5.41) is 8.85. The number of aliphatic carboxylic acids is 1. The van der Waals surface area contributed by atoms with Gasteiger partial charge in [-0.05, 0) is 24.1 Å². The minimum atomic E-state index is -0.945. The Kier molecular flexibility index (Phi) is 3.28. The first-order chi connectivity index (χ1) is 8.09. The fraction of sp³-hybridized carbons (Fsp3) is 0.417. The number of ether oxygens (including phenoxy) is 2. The summed E-state index contributed by atoms with van der Waals surface area (Å²) < 4.78 is 24.0. The Labute approximate surface area is 98.0 Å². The van der Waals surface area contributed by atoms with Crippen molar-refractivity contribution in [2.75, 3.05) is 6.79 Å². The van der Waals surface area contributed by atoms with Crippen LogP contribution in [0.4, 0.5) is 4.39 Å². The minimum Gasteiger partial charge on any atom is -0.481 e. The Bertz CT molecular complexity index is 444. The van der Waals surface area contributed by atoms with E-state index in [1.165, 1.54) is 6.07 Å². The molecule has 0 saturated heterocycles. The maximum absolute atomic E-state index is 13.7. The lowest BCUT2D eigenvalue weighted by Crippen LogP contribution is -2.18. The highest BCUT2D eigenvalue weighted by Crippen LogP contribution is 2.30. The molecule has 1 heterocycles. The molecule has 4 nitrogen and oxygen atoms in total. The van der Waals surface area contributed by atoms with Crippen LogP contribution in [0.25, 0.3) is 0 Å². The standard InChI is InChI=1S/C12H13FO4/c1-7(12(14)15)4-8-9-5-16-6-17-11(9)3-2-10(8)13/h2-3,7H,4-6H2,1H3,(H,14,15). The molecular weight excluding hydrogens is 227 g/mol. The Balaban J connectivity index is 2.34. The third kappa shape index (κ3) is 2.39. The quantitative estimate of drug-likeness (QED) is 0.877. The number of rotatable bonds is 3. The van der Waals surface area contributed by atoms with Crippen LogP contribution >= 0.6 is 0 Å².